The Balaban J connectivity index is 2.08. The minimum Gasteiger partial charge on any atom is -0.312 e. The van der Waals surface area contributed by atoms with Crippen LogP contribution in [-0.4, -0.2) is 12.4 Å². The van der Waals surface area contributed by atoms with E-state index in [1.54, 1.807) is 0 Å². The first-order valence-electron chi connectivity index (χ1n) is 6.04. The van der Waals surface area contributed by atoms with Crippen molar-refractivity contribution in [2.24, 2.45) is 5.92 Å². The first-order chi connectivity index (χ1) is 8.31. The van der Waals surface area contributed by atoms with Gasteiger partial charge in [0.1, 0.15) is 0 Å². The summed E-state index contributed by atoms with van der Waals surface area (Å²) in [5.41, 5.74) is 1.35. The number of alkyl halides is 1. The van der Waals surface area contributed by atoms with Crippen molar-refractivity contribution in [1.29, 1.82) is 0 Å². The van der Waals surface area contributed by atoms with Gasteiger partial charge in [0.15, 0.2) is 0 Å². The van der Waals surface area contributed by atoms with Crippen LogP contribution in [0, 0.1) is 5.92 Å². The van der Waals surface area contributed by atoms with E-state index in [4.69, 9.17) is 11.6 Å². The lowest BCUT2D eigenvalue weighted by atomic mass is 10.0. The largest absolute Gasteiger partial charge is 0.312 e. The van der Waals surface area contributed by atoms with Crippen molar-refractivity contribution in [3.05, 3.63) is 48.0 Å². The van der Waals surface area contributed by atoms with Gasteiger partial charge in [-0.25, -0.2) is 0 Å². The Morgan fingerprint density at radius 2 is 1.88 bits per heavy atom. The quantitative estimate of drug-likeness (QED) is 0.793. The molecule has 17 heavy (non-hydrogen) atoms. The molecule has 2 aromatic carbocycles. The van der Waals surface area contributed by atoms with Crippen molar-refractivity contribution in [2.75, 3.05) is 12.4 Å². The maximum absolute atomic E-state index is 5.79. The maximum atomic E-state index is 5.79. The zero-order valence-corrected chi connectivity index (χ0v) is 10.9. The predicted molar refractivity (Wildman–Crippen MR) is 75.5 cm³/mol. The van der Waals surface area contributed by atoms with Crippen LogP contribution in [0.4, 0.5) is 0 Å². The third-order valence-electron chi connectivity index (χ3n) is 2.95. The minimum atomic E-state index is 0.520. The van der Waals surface area contributed by atoms with Gasteiger partial charge in [-0.15, -0.1) is 11.6 Å². The molecule has 0 amide bonds. The van der Waals surface area contributed by atoms with Gasteiger partial charge in [-0.3, -0.25) is 0 Å². The Morgan fingerprint density at radius 3 is 2.71 bits per heavy atom. The number of rotatable bonds is 5. The fourth-order valence-corrected chi connectivity index (χ4v) is 2.06. The Morgan fingerprint density at radius 1 is 1.12 bits per heavy atom. The molecule has 0 aliphatic carbocycles. The highest BCUT2D eigenvalue weighted by Crippen LogP contribution is 2.18. The molecule has 1 atom stereocenters. The zero-order valence-electron chi connectivity index (χ0n) is 10.1. The van der Waals surface area contributed by atoms with Gasteiger partial charge in [0.25, 0.3) is 0 Å². The summed E-state index contributed by atoms with van der Waals surface area (Å²) in [6, 6.07) is 14.9. The third kappa shape index (κ3) is 3.21. The van der Waals surface area contributed by atoms with Crippen molar-refractivity contribution in [1.82, 2.24) is 5.32 Å². The monoisotopic (exact) mass is 247 g/mol. The molecule has 0 bridgehead atoms. The molecule has 0 radical (unpaired) electrons. The van der Waals surface area contributed by atoms with E-state index in [-0.39, 0.29) is 0 Å². The molecule has 0 spiro atoms. The molecule has 1 nitrogen and oxygen atoms in total. The fourth-order valence-electron chi connectivity index (χ4n) is 1.95. The van der Waals surface area contributed by atoms with Crippen molar-refractivity contribution in [2.45, 2.75) is 13.5 Å². The summed E-state index contributed by atoms with van der Waals surface area (Å²) in [4.78, 5) is 0. The fraction of sp³-hybridized carbons (Fsp3) is 0.333. The van der Waals surface area contributed by atoms with Crippen molar-refractivity contribution >= 4 is 22.4 Å². The third-order valence-corrected chi connectivity index (χ3v) is 3.48. The van der Waals surface area contributed by atoms with E-state index < -0.39 is 0 Å². The van der Waals surface area contributed by atoms with E-state index in [1.807, 2.05) is 0 Å². The molecule has 0 aromatic heterocycles. The molecule has 0 saturated carbocycles. The second-order valence-corrected chi connectivity index (χ2v) is 4.84. The predicted octanol–water partition coefficient (Wildman–Crippen LogP) is 3.80. The first kappa shape index (κ1) is 12.4. The summed E-state index contributed by atoms with van der Waals surface area (Å²) in [6.45, 7) is 4.03. The molecule has 0 aliphatic rings. The van der Waals surface area contributed by atoms with Gasteiger partial charge < -0.3 is 5.32 Å². The van der Waals surface area contributed by atoms with Crippen LogP contribution in [-0.2, 0) is 6.54 Å². The molecule has 0 fully saturated rings. The van der Waals surface area contributed by atoms with Crippen molar-refractivity contribution < 1.29 is 0 Å². The van der Waals surface area contributed by atoms with Gasteiger partial charge >= 0.3 is 0 Å². The van der Waals surface area contributed by atoms with Gasteiger partial charge in [0.05, 0.1) is 0 Å². The summed E-state index contributed by atoms with van der Waals surface area (Å²) >= 11 is 5.79. The topological polar surface area (TPSA) is 12.0 Å². The molecular formula is C15H18ClN. The van der Waals surface area contributed by atoms with Crippen LogP contribution in [0.1, 0.15) is 12.5 Å². The molecule has 2 aromatic rings. The highest BCUT2D eigenvalue weighted by Gasteiger charge is 2.02. The normalized spacial score (nSPS) is 12.8. The average Bonchev–Trinajstić information content (AvgIpc) is 2.39. The molecule has 0 heterocycles. The van der Waals surface area contributed by atoms with E-state index in [0.29, 0.717) is 11.8 Å². The van der Waals surface area contributed by atoms with E-state index in [1.165, 1.54) is 16.3 Å². The van der Waals surface area contributed by atoms with Crippen molar-refractivity contribution in [3.8, 4) is 0 Å². The average molecular weight is 248 g/mol. The van der Waals surface area contributed by atoms with Gasteiger partial charge in [0, 0.05) is 12.4 Å². The lowest BCUT2D eigenvalue weighted by Crippen LogP contribution is -2.21. The summed E-state index contributed by atoms with van der Waals surface area (Å²) in [5, 5.41) is 6.10. The van der Waals surface area contributed by atoms with E-state index in [9.17, 15) is 0 Å². The van der Waals surface area contributed by atoms with Crippen LogP contribution < -0.4 is 5.32 Å². The second kappa shape index (κ2) is 6.04. The molecule has 0 aliphatic heterocycles. The van der Waals surface area contributed by atoms with Crippen molar-refractivity contribution in [3.63, 3.8) is 0 Å². The molecule has 2 rings (SSSR count). The summed E-state index contributed by atoms with van der Waals surface area (Å²) in [7, 11) is 0. The Bertz CT molecular complexity index is 476. The molecule has 90 valence electrons. The van der Waals surface area contributed by atoms with E-state index >= 15 is 0 Å². The van der Waals surface area contributed by atoms with E-state index in [2.05, 4.69) is 54.7 Å². The standard InChI is InChI=1S/C15H18ClN/c1-12(9-16)10-17-11-14-7-4-6-13-5-2-3-8-15(13)14/h2-8,12,17H,9-11H2,1H3. The molecule has 1 N–H and O–H groups in total. The second-order valence-electron chi connectivity index (χ2n) is 4.53. The summed E-state index contributed by atoms with van der Waals surface area (Å²) < 4.78 is 0. The Kier molecular flexibility index (Phi) is 4.41. The molecular weight excluding hydrogens is 230 g/mol. The SMILES string of the molecule is CC(CCl)CNCc1cccc2ccccc12. The number of benzene rings is 2. The van der Waals surface area contributed by atoms with Gasteiger partial charge in [-0.2, -0.15) is 0 Å². The maximum Gasteiger partial charge on any atom is 0.0261 e. The summed E-state index contributed by atoms with van der Waals surface area (Å²) in [5.74, 6) is 1.23. The number of nitrogens with one attached hydrogen (secondary N) is 1. The molecule has 2 heteroatoms. The first-order valence-corrected chi connectivity index (χ1v) is 6.58. The highest BCUT2D eigenvalue weighted by atomic mass is 35.5. The van der Waals surface area contributed by atoms with Gasteiger partial charge in [-0.1, -0.05) is 49.4 Å². The Labute approximate surface area is 108 Å². The summed E-state index contributed by atoms with van der Waals surface area (Å²) in [6.07, 6.45) is 0. The van der Waals surface area contributed by atoms with Crippen LogP contribution in [0.2, 0.25) is 0 Å². The van der Waals surface area contributed by atoms with Crippen LogP contribution in [0.25, 0.3) is 10.8 Å². The lowest BCUT2D eigenvalue weighted by molar-refractivity contribution is 0.558. The lowest BCUT2D eigenvalue weighted by Gasteiger charge is -2.11. The number of halogens is 1. The van der Waals surface area contributed by atoms with Gasteiger partial charge in [0.2, 0.25) is 0 Å². The van der Waals surface area contributed by atoms with E-state index in [0.717, 1.165) is 13.1 Å². The Hall–Kier alpha value is -1.05. The molecule has 0 saturated heterocycles. The van der Waals surface area contributed by atoms with Crippen LogP contribution in [0.5, 0.6) is 0 Å². The van der Waals surface area contributed by atoms with Crippen LogP contribution in [0.3, 0.4) is 0 Å². The zero-order chi connectivity index (χ0) is 12.1. The molecule has 1 unspecified atom stereocenters. The smallest absolute Gasteiger partial charge is 0.0261 e. The number of fused-ring (bicyclic) bond motifs is 1. The van der Waals surface area contributed by atoms with Crippen LogP contribution >= 0.6 is 11.6 Å². The number of hydrogen-bond acceptors (Lipinski definition) is 1. The van der Waals surface area contributed by atoms with Gasteiger partial charge in [-0.05, 0) is 28.8 Å². The minimum absolute atomic E-state index is 0.520. The number of hydrogen-bond donors (Lipinski definition) is 1. The van der Waals surface area contributed by atoms with Crippen LogP contribution in [0.15, 0.2) is 42.5 Å². The highest BCUT2D eigenvalue weighted by molar-refractivity contribution is 6.18.